The molecule has 3 rings (SSSR count). The highest BCUT2D eigenvalue weighted by atomic mass is 35.5. The number of rotatable bonds is 4. The highest BCUT2D eigenvalue weighted by Gasteiger charge is 2.60. The Hall–Kier alpha value is -2.63. The van der Waals surface area contributed by atoms with Gasteiger partial charge in [-0.05, 0) is 47.9 Å². The van der Waals surface area contributed by atoms with Crippen molar-refractivity contribution in [2.24, 2.45) is 0 Å². The molecule has 0 bridgehead atoms. The molecule has 1 unspecified atom stereocenters. The normalized spacial score (nSPS) is 19.2. The average Bonchev–Trinajstić information content (AvgIpc) is 3.18. The zero-order chi connectivity index (χ0) is 26.4. The third-order valence-corrected chi connectivity index (χ3v) is 6.23. The van der Waals surface area contributed by atoms with Gasteiger partial charge in [0.1, 0.15) is 5.41 Å². The first-order chi connectivity index (χ1) is 15.9. The first-order valence-corrected chi connectivity index (χ1v) is 10.5. The molecule has 1 aliphatic rings. The van der Waals surface area contributed by atoms with Crippen molar-refractivity contribution in [1.82, 2.24) is 5.32 Å². The molecule has 0 aliphatic carbocycles. The van der Waals surface area contributed by atoms with E-state index in [1.165, 1.54) is 30.0 Å². The first kappa shape index (κ1) is 27.0. The van der Waals surface area contributed by atoms with Crippen LogP contribution < -0.4 is 10.2 Å². The number of nitrogens with zero attached hydrogens (tertiary/aromatic N) is 1. The van der Waals surface area contributed by atoms with Crippen molar-refractivity contribution < 1.29 is 44.3 Å². The standard InChI is InChI=1S/C22H18ClF9N2O/c1-12(35)33-10-13-2-3-17(9-18(13)23)34-5-4-19(11-34,22(30,31)32)14-6-15(20(24,25)26)8-16(7-14)21(27,28)29/h2-3,6-9H,4-5,10-11H2,1H3,(H,33,35). The zero-order valence-corrected chi connectivity index (χ0v) is 18.7. The predicted octanol–water partition coefficient (Wildman–Crippen LogP) is 6.72. The summed E-state index contributed by atoms with van der Waals surface area (Å²) in [5, 5.41) is 2.64. The largest absolute Gasteiger partial charge is 0.416 e. The Morgan fingerprint density at radius 1 is 0.971 bits per heavy atom. The van der Waals surface area contributed by atoms with Crippen LogP contribution in [-0.2, 0) is 29.1 Å². The van der Waals surface area contributed by atoms with E-state index in [1.54, 1.807) is 0 Å². The van der Waals surface area contributed by atoms with E-state index >= 15 is 0 Å². The topological polar surface area (TPSA) is 32.3 Å². The molecule has 192 valence electrons. The van der Waals surface area contributed by atoms with Gasteiger partial charge >= 0.3 is 18.5 Å². The number of amides is 1. The predicted molar refractivity (Wildman–Crippen MR) is 110 cm³/mol. The second-order valence-electron chi connectivity index (χ2n) is 8.23. The number of carbonyl (C=O) groups excluding carboxylic acids is 1. The third kappa shape index (κ3) is 5.62. The number of hydrogen-bond donors (Lipinski definition) is 1. The van der Waals surface area contributed by atoms with E-state index in [4.69, 9.17) is 11.6 Å². The van der Waals surface area contributed by atoms with Crippen LogP contribution >= 0.6 is 11.6 Å². The van der Waals surface area contributed by atoms with Crippen LogP contribution in [0.2, 0.25) is 5.02 Å². The molecule has 2 aromatic carbocycles. The fourth-order valence-electron chi connectivity index (χ4n) is 3.99. The molecule has 3 nitrogen and oxygen atoms in total. The van der Waals surface area contributed by atoms with Crippen LogP contribution in [0.3, 0.4) is 0 Å². The molecule has 0 radical (unpaired) electrons. The van der Waals surface area contributed by atoms with Crippen molar-refractivity contribution in [3.8, 4) is 0 Å². The van der Waals surface area contributed by atoms with Crippen LogP contribution in [0.5, 0.6) is 0 Å². The van der Waals surface area contributed by atoms with Gasteiger partial charge in [0, 0.05) is 37.3 Å². The minimum atomic E-state index is -5.28. The fourth-order valence-corrected chi connectivity index (χ4v) is 4.23. The van der Waals surface area contributed by atoms with Crippen molar-refractivity contribution in [2.45, 2.75) is 43.8 Å². The zero-order valence-electron chi connectivity index (χ0n) is 17.9. The summed E-state index contributed by atoms with van der Waals surface area (Å²) in [6, 6.07) is 4.29. The van der Waals surface area contributed by atoms with Crippen LogP contribution in [0.1, 0.15) is 35.6 Å². The van der Waals surface area contributed by atoms with Gasteiger partial charge in [-0.1, -0.05) is 17.7 Å². The summed E-state index contributed by atoms with van der Waals surface area (Å²) in [6.45, 7) is 0.140. The van der Waals surface area contributed by atoms with Gasteiger partial charge in [0.25, 0.3) is 0 Å². The molecule has 1 saturated heterocycles. The monoisotopic (exact) mass is 532 g/mol. The summed E-state index contributed by atoms with van der Waals surface area (Å²) in [4.78, 5) is 12.3. The van der Waals surface area contributed by atoms with Gasteiger partial charge in [-0.15, -0.1) is 0 Å². The summed E-state index contributed by atoms with van der Waals surface area (Å²) in [6.07, 6.45) is -16.5. The lowest BCUT2D eigenvalue weighted by molar-refractivity contribution is -0.185. The maximum Gasteiger partial charge on any atom is 0.416 e. The van der Waals surface area contributed by atoms with Gasteiger partial charge in [-0.3, -0.25) is 4.79 Å². The Morgan fingerprint density at radius 3 is 2.00 bits per heavy atom. The number of hydrogen-bond acceptors (Lipinski definition) is 2. The average molecular weight is 533 g/mol. The molecule has 1 amide bonds. The minimum Gasteiger partial charge on any atom is -0.370 e. The van der Waals surface area contributed by atoms with E-state index in [1.807, 2.05) is 0 Å². The van der Waals surface area contributed by atoms with Crippen molar-refractivity contribution >= 4 is 23.2 Å². The van der Waals surface area contributed by atoms with Crippen LogP contribution in [0.4, 0.5) is 45.2 Å². The quantitative estimate of drug-likeness (QED) is 0.443. The molecule has 1 heterocycles. The second-order valence-corrected chi connectivity index (χ2v) is 8.64. The lowest BCUT2D eigenvalue weighted by Crippen LogP contribution is -2.45. The van der Waals surface area contributed by atoms with E-state index in [2.05, 4.69) is 5.32 Å². The Morgan fingerprint density at radius 2 is 1.54 bits per heavy atom. The summed E-state index contributed by atoms with van der Waals surface area (Å²) in [5.41, 5.74) is -7.03. The van der Waals surface area contributed by atoms with Crippen LogP contribution in [0.25, 0.3) is 0 Å². The third-order valence-electron chi connectivity index (χ3n) is 5.88. The summed E-state index contributed by atoms with van der Waals surface area (Å²) in [7, 11) is 0. The highest BCUT2D eigenvalue weighted by Crippen LogP contribution is 2.50. The number of benzene rings is 2. The number of carbonyl (C=O) groups is 1. The molecule has 0 saturated carbocycles. The lowest BCUT2D eigenvalue weighted by Gasteiger charge is -2.33. The summed E-state index contributed by atoms with van der Waals surface area (Å²) >= 11 is 6.16. The van der Waals surface area contributed by atoms with Crippen LogP contribution in [-0.4, -0.2) is 25.2 Å². The van der Waals surface area contributed by atoms with Gasteiger partial charge in [0.2, 0.25) is 5.91 Å². The lowest BCUT2D eigenvalue weighted by atomic mass is 9.77. The van der Waals surface area contributed by atoms with Gasteiger partial charge in [0.15, 0.2) is 0 Å². The molecule has 35 heavy (non-hydrogen) atoms. The van der Waals surface area contributed by atoms with E-state index in [-0.39, 0.29) is 47.9 Å². The Labute approximate surface area is 198 Å². The van der Waals surface area contributed by atoms with Gasteiger partial charge in [-0.2, -0.15) is 39.5 Å². The molecule has 1 aliphatic heterocycles. The summed E-state index contributed by atoms with van der Waals surface area (Å²) in [5.74, 6) is -0.334. The van der Waals surface area contributed by atoms with E-state index in [9.17, 15) is 44.3 Å². The van der Waals surface area contributed by atoms with Crippen LogP contribution in [0, 0.1) is 0 Å². The van der Waals surface area contributed by atoms with E-state index in [0.717, 1.165) is 0 Å². The minimum absolute atomic E-state index is 0.0609. The molecule has 1 N–H and O–H groups in total. The molecule has 0 spiro atoms. The Balaban J connectivity index is 2.04. The Bertz CT molecular complexity index is 1080. The molecule has 1 fully saturated rings. The van der Waals surface area contributed by atoms with Gasteiger partial charge in [-0.25, -0.2) is 0 Å². The van der Waals surface area contributed by atoms with Crippen molar-refractivity contribution in [2.75, 3.05) is 18.0 Å². The molecule has 1 atom stereocenters. The smallest absolute Gasteiger partial charge is 0.370 e. The van der Waals surface area contributed by atoms with Crippen molar-refractivity contribution in [3.63, 3.8) is 0 Å². The molecular formula is C22H18ClF9N2O. The van der Waals surface area contributed by atoms with E-state index < -0.39 is 53.6 Å². The molecule has 2 aromatic rings. The van der Waals surface area contributed by atoms with Gasteiger partial charge in [0.05, 0.1) is 11.1 Å². The molecular weight excluding hydrogens is 515 g/mol. The first-order valence-electron chi connectivity index (χ1n) is 10.1. The van der Waals surface area contributed by atoms with Gasteiger partial charge < -0.3 is 10.2 Å². The number of alkyl halides is 9. The fraction of sp³-hybridized carbons (Fsp3) is 0.409. The number of halogens is 10. The number of nitrogens with one attached hydrogen (secondary N) is 1. The van der Waals surface area contributed by atoms with E-state index in [0.29, 0.717) is 5.56 Å². The Kier molecular flexibility index (Phi) is 7.02. The maximum atomic E-state index is 14.3. The SMILES string of the molecule is CC(=O)NCc1ccc(N2CCC(c3cc(C(F)(F)F)cc(C(F)(F)F)c3)(C(F)(F)F)C2)cc1Cl. The molecule has 0 aromatic heterocycles. The van der Waals surface area contributed by atoms with Crippen molar-refractivity contribution in [1.29, 1.82) is 0 Å². The number of anilines is 1. The summed E-state index contributed by atoms with van der Waals surface area (Å²) < 4.78 is 123. The highest BCUT2D eigenvalue weighted by molar-refractivity contribution is 6.31. The second kappa shape index (κ2) is 9.11. The van der Waals surface area contributed by atoms with Crippen LogP contribution in [0.15, 0.2) is 36.4 Å². The van der Waals surface area contributed by atoms with Crippen molar-refractivity contribution in [3.05, 3.63) is 63.7 Å². The maximum absolute atomic E-state index is 14.3. The molecule has 13 heteroatoms.